The largest absolute Gasteiger partial charge is 0.341 e. The van der Waals surface area contributed by atoms with Gasteiger partial charge in [0.05, 0.1) is 11.9 Å². The summed E-state index contributed by atoms with van der Waals surface area (Å²) in [5.74, 6) is -2.28. The molecule has 4 rings (SSSR count). The van der Waals surface area contributed by atoms with Crippen LogP contribution in [0.5, 0.6) is 0 Å². The first kappa shape index (κ1) is 27.6. The number of carbonyl (C=O) groups is 2. The fourth-order valence-corrected chi connectivity index (χ4v) is 7.09. The van der Waals surface area contributed by atoms with Gasteiger partial charge < -0.3 is 10.2 Å². The second kappa shape index (κ2) is 9.37. The summed E-state index contributed by atoms with van der Waals surface area (Å²) in [4.78, 5) is 29.2. The number of anilines is 2. The number of Topliss-reactive ketones (excluding diaryl/α,β-unsaturated/α-hetero) is 1. The van der Waals surface area contributed by atoms with Gasteiger partial charge in [0.1, 0.15) is 10.7 Å². The summed E-state index contributed by atoms with van der Waals surface area (Å²) in [5, 5.41) is 2.92. The molecule has 12 heteroatoms. The highest BCUT2D eigenvalue weighted by Gasteiger charge is 2.53. The van der Waals surface area contributed by atoms with E-state index in [1.165, 1.54) is 18.2 Å². The Kier molecular flexibility index (Phi) is 6.98. The van der Waals surface area contributed by atoms with Crippen LogP contribution in [0.2, 0.25) is 0 Å². The Morgan fingerprint density at radius 3 is 2.43 bits per heavy atom. The molecule has 2 unspecified atom stereocenters. The Hall–Kier alpha value is -2.47. The maximum Gasteiger partial charge on any atom is 0.286 e. The molecule has 1 aromatic carbocycles. The van der Waals surface area contributed by atoms with Crippen LogP contribution in [-0.4, -0.2) is 58.1 Å². The van der Waals surface area contributed by atoms with Gasteiger partial charge in [-0.1, -0.05) is 40.5 Å². The SMILES string of the molecule is CC(C)(C)CCC1(C)CN(C2CCCC2)C(=O)C(C2=NS(=O)(=O)c3cc(NS(C)(=O)=O)ccc3N2)C1=O. The van der Waals surface area contributed by atoms with Crippen molar-refractivity contribution >= 4 is 48.9 Å². The number of benzene rings is 1. The molecule has 1 saturated heterocycles. The second-order valence-corrected chi connectivity index (χ2v) is 15.3. The molecule has 1 aliphatic carbocycles. The van der Waals surface area contributed by atoms with Gasteiger partial charge in [-0.3, -0.25) is 14.3 Å². The predicted molar refractivity (Wildman–Crippen MR) is 142 cm³/mol. The lowest BCUT2D eigenvalue weighted by Crippen LogP contribution is -2.61. The predicted octanol–water partition coefficient (Wildman–Crippen LogP) is 3.37. The molecule has 2 N–H and O–H groups in total. The average Bonchev–Trinajstić information content (AvgIpc) is 3.29. The zero-order chi connectivity index (χ0) is 27.4. The number of rotatable bonds is 6. The number of carbonyl (C=O) groups excluding carboxylic acids is 2. The van der Waals surface area contributed by atoms with Crippen molar-refractivity contribution in [1.29, 1.82) is 0 Å². The van der Waals surface area contributed by atoms with E-state index in [1.54, 1.807) is 4.90 Å². The molecule has 2 atom stereocenters. The molecule has 1 amide bonds. The van der Waals surface area contributed by atoms with Crippen LogP contribution in [0.4, 0.5) is 11.4 Å². The molecule has 0 bridgehead atoms. The Balaban J connectivity index is 1.73. The van der Waals surface area contributed by atoms with Crippen LogP contribution < -0.4 is 10.0 Å². The molecule has 2 heterocycles. The molecule has 10 nitrogen and oxygen atoms in total. The third-order valence-corrected chi connectivity index (χ3v) is 9.35. The van der Waals surface area contributed by atoms with Crippen LogP contribution in [0.1, 0.15) is 66.2 Å². The number of likely N-dealkylation sites (tertiary alicyclic amines) is 1. The molecule has 0 radical (unpaired) electrons. The molecule has 1 aromatic rings. The second-order valence-electron chi connectivity index (χ2n) is 12.0. The van der Waals surface area contributed by atoms with Gasteiger partial charge in [0, 0.05) is 23.7 Å². The molecule has 37 heavy (non-hydrogen) atoms. The normalized spacial score (nSPS) is 26.5. The van der Waals surface area contributed by atoms with Gasteiger partial charge in [-0.25, -0.2) is 8.42 Å². The molecule has 0 spiro atoms. The van der Waals surface area contributed by atoms with Gasteiger partial charge in [-0.05, 0) is 49.3 Å². The van der Waals surface area contributed by atoms with E-state index in [9.17, 15) is 26.4 Å². The lowest BCUT2D eigenvalue weighted by molar-refractivity contribution is -0.153. The number of hydrogen-bond acceptors (Lipinski definition) is 7. The third-order valence-electron chi connectivity index (χ3n) is 7.42. The van der Waals surface area contributed by atoms with Crippen LogP contribution in [0.25, 0.3) is 0 Å². The van der Waals surface area contributed by atoms with Crippen molar-refractivity contribution in [1.82, 2.24) is 4.90 Å². The quantitative estimate of drug-likeness (QED) is 0.515. The smallest absolute Gasteiger partial charge is 0.286 e. The van der Waals surface area contributed by atoms with E-state index >= 15 is 0 Å². The summed E-state index contributed by atoms with van der Waals surface area (Å²) in [5.41, 5.74) is -0.651. The molecular formula is C25H36N4O6S2. The van der Waals surface area contributed by atoms with Crippen molar-refractivity contribution < 1.29 is 26.4 Å². The molecular weight excluding hydrogens is 516 g/mol. The fraction of sp³-hybridized carbons (Fsp3) is 0.640. The van der Waals surface area contributed by atoms with Crippen molar-refractivity contribution in [2.45, 2.75) is 77.2 Å². The first-order valence-electron chi connectivity index (χ1n) is 12.6. The highest BCUT2D eigenvalue weighted by atomic mass is 32.2. The molecule has 2 fully saturated rings. The maximum absolute atomic E-state index is 13.9. The van der Waals surface area contributed by atoms with Crippen LogP contribution in [-0.2, 0) is 29.6 Å². The first-order chi connectivity index (χ1) is 17.0. The topological polar surface area (TPSA) is 142 Å². The minimum absolute atomic E-state index is 0.0149. The number of amides is 1. The lowest BCUT2D eigenvalue weighted by atomic mass is 9.69. The lowest BCUT2D eigenvalue weighted by Gasteiger charge is -2.46. The zero-order valence-electron chi connectivity index (χ0n) is 22.0. The summed E-state index contributed by atoms with van der Waals surface area (Å²) in [6.45, 7) is 8.50. The van der Waals surface area contributed by atoms with Crippen LogP contribution in [0.3, 0.4) is 0 Å². The zero-order valence-corrected chi connectivity index (χ0v) is 23.6. The van der Waals surface area contributed by atoms with E-state index in [4.69, 9.17) is 0 Å². The monoisotopic (exact) mass is 552 g/mol. The first-order valence-corrected chi connectivity index (χ1v) is 15.9. The van der Waals surface area contributed by atoms with E-state index in [2.05, 4.69) is 35.2 Å². The van der Waals surface area contributed by atoms with Gasteiger partial charge in [0.15, 0.2) is 11.7 Å². The Labute approximate surface area is 219 Å². The fourth-order valence-electron chi connectivity index (χ4n) is 5.36. The van der Waals surface area contributed by atoms with E-state index in [-0.39, 0.29) is 39.3 Å². The molecule has 3 aliphatic rings. The molecule has 2 aliphatic heterocycles. The van der Waals surface area contributed by atoms with Gasteiger partial charge in [-0.2, -0.15) is 8.42 Å². The number of sulfonamides is 2. The van der Waals surface area contributed by atoms with Crippen LogP contribution >= 0.6 is 0 Å². The van der Waals surface area contributed by atoms with Gasteiger partial charge in [0.2, 0.25) is 15.9 Å². The Bertz CT molecular complexity index is 1360. The van der Waals surface area contributed by atoms with E-state index < -0.39 is 37.3 Å². The number of nitrogens with one attached hydrogen (secondary N) is 2. The highest BCUT2D eigenvalue weighted by molar-refractivity contribution is 7.92. The van der Waals surface area contributed by atoms with Gasteiger partial charge in [0.25, 0.3) is 10.0 Å². The molecule has 204 valence electrons. The van der Waals surface area contributed by atoms with Crippen LogP contribution in [0, 0.1) is 16.7 Å². The van der Waals surface area contributed by atoms with E-state index in [1.807, 2.05) is 6.92 Å². The summed E-state index contributed by atoms with van der Waals surface area (Å²) >= 11 is 0. The van der Waals surface area contributed by atoms with Crippen molar-refractivity contribution in [3.05, 3.63) is 18.2 Å². The van der Waals surface area contributed by atoms with E-state index in [0.29, 0.717) is 13.0 Å². The van der Waals surface area contributed by atoms with Crippen LogP contribution in [0.15, 0.2) is 27.5 Å². The standard InChI is InChI=1S/C25H36N4O6S2/c1-24(2,3)12-13-25(4)15-29(17-8-6-7-9-17)23(31)20(21(25)30)22-26-18-11-10-16(27-36(5,32)33)14-19(18)37(34,35)28-22/h10-11,14,17,20,27H,6-9,12-13,15H2,1-5H3,(H,26,28). The van der Waals surface area contributed by atoms with Crippen molar-refractivity contribution in [3.8, 4) is 0 Å². The summed E-state index contributed by atoms with van der Waals surface area (Å²) in [6.07, 6.45) is 6.04. The number of nitrogens with zero attached hydrogens (tertiary/aromatic N) is 2. The highest BCUT2D eigenvalue weighted by Crippen LogP contribution is 2.42. The Morgan fingerprint density at radius 1 is 1.19 bits per heavy atom. The third kappa shape index (κ3) is 5.84. The minimum atomic E-state index is -4.31. The number of piperidine rings is 1. The molecule has 1 saturated carbocycles. The summed E-state index contributed by atoms with van der Waals surface area (Å²) < 4.78 is 55.7. The number of hydrogen-bond donors (Lipinski definition) is 2. The van der Waals surface area contributed by atoms with Crippen molar-refractivity contribution in [2.75, 3.05) is 22.8 Å². The maximum atomic E-state index is 13.9. The number of ketones is 1. The average molecular weight is 553 g/mol. The Morgan fingerprint density at radius 2 is 1.84 bits per heavy atom. The number of fused-ring (bicyclic) bond motifs is 1. The summed E-state index contributed by atoms with van der Waals surface area (Å²) in [7, 11) is -7.93. The molecule has 0 aromatic heterocycles. The van der Waals surface area contributed by atoms with Crippen molar-refractivity contribution in [2.24, 2.45) is 21.1 Å². The van der Waals surface area contributed by atoms with Gasteiger partial charge in [-0.15, -0.1) is 4.40 Å². The van der Waals surface area contributed by atoms with Crippen molar-refractivity contribution in [3.63, 3.8) is 0 Å². The number of amidine groups is 1. The van der Waals surface area contributed by atoms with Gasteiger partial charge >= 0.3 is 0 Å². The minimum Gasteiger partial charge on any atom is -0.341 e. The van der Waals surface area contributed by atoms with E-state index in [0.717, 1.165) is 38.4 Å². The summed E-state index contributed by atoms with van der Waals surface area (Å²) in [6, 6.07) is 4.01.